The molecule has 1 aliphatic rings. The lowest BCUT2D eigenvalue weighted by molar-refractivity contribution is -0.00430. The SMILES string of the molecule is CCCCCCCCCCCCSc1ccc(C(=O)C(C)(C)N2CCOCC2)cc1. The Bertz CT molecular complexity index is 594. The fraction of sp³-hybridized carbons (Fsp3) is 0.731. The van der Waals surface area contributed by atoms with E-state index < -0.39 is 5.54 Å². The molecule has 3 nitrogen and oxygen atoms in total. The molecule has 0 aliphatic carbocycles. The van der Waals surface area contributed by atoms with E-state index in [-0.39, 0.29) is 5.78 Å². The van der Waals surface area contributed by atoms with Gasteiger partial charge in [0.05, 0.1) is 18.8 Å². The van der Waals surface area contributed by atoms with Crippen LogP contribution in [0.25, 0.3) is 0 Å². The Morgan fingerprint density at radius 3 is 2.00 bits per heavy atom. The molecule has 170 valence electrons. The van der Waals surface area contributed by atoms with Gasteiger partial charge in [0.1, 0.15) is 0 Å². The average molecular weight is 434 g/mol. The third-order valence-corrected chi connectivity index (χ3v) is 7.34. The van der Waals surface area contributed by atoms with Gasteiger partial charge in [-0.05, 0) is 38.2 Å². The molecule has 1 aliphatic heterocycles. The van der Waals surface area contributed by atoms with Crippen LogP contribution in [0.1, 0.15) is 95.3 Å². The minimum atomic E-state index is -0.478. The van der Waals surface area contributed by atoms with E-state index in [1.165, 1.54) is 74.9 Å². The number of hydrogen-bond donors (Lipinski definition) is 0. The van der Waals surface area contributed by atoms with E-state index in [4.69, 9.17) is 4.74 Å². The quantitative estimate of drug-likeness (QED) is 0.169. The van der Waals surface area contributed by atoms with Gasteiger partial charge in [0, 0.05) is 23.5 Å². The first-order valence-corrected chi connectivity index (χ1v) is 13.1. The van der Waals surface area contributed by atoms with Gasteiger partial charge in [-0.1, -0.05) is 76.8 Å². The molecule has 0 saturated carbocycles. The molecular weight excluding hydrogens is 390 g/mol. The molecule has 1 saturated heterocycles. The second-order valence-corrected chi connectivity index (χ2v) is 10.2. The van der Waals surface area contributed by atoms with E-state index in [0.29, 0.717) is 13.2 Å². The topological polar surface area (TPSA) is 29.5 Å². The number of ketones is 1. The summed E-state index contributed by atoms with van der Waals surface area (Å²) in [6.07, 6.45) is 13.8. The Morgan fingerprint density at radius 2 is 1.43 bits per heavy atom. The summed E-state index contributed by atoms with van der Waals surface area (Å²) in [6.45, 7) is 9.43. The first-order valence-electron chi connectivity index (χ1n) is 12.2. The fourth-order valence-electron chi connectivity index (χ4n) is 4.10. The Balaban J connectivity index is 1.62. The summed E-state index contributed by atoms with van der Waals surface area (Å²) >= 11 is 1.92. The number of hydrogen-bond acceptors (Lipinski definition) is 4. The molecule has 0 N–H and O–H groups in total. The van der Waals surface area contributed by atoms with Crippen molar-refractivity contribution in [3.05, 3.63) is 29.8 Å². The standard InChI is InChI=1S/C26H43NO2S/c1-4-5-6-7-8-9-10-11-12-13-22-30-24-16-14-23(15-17-24)25(28)26(2,3)27-18-20-29-21-19-27/h14-17H,4-13,18-22H2,1-3H3. The lowest BCUT2D eigenvalue weighted by Crippen LogP contribution is -2.54. The van der Waals surface area contributed by atoms with Gasteiger partial charge < -0.3 is 4.74 Å². The lowest BCUT2D eigenvalue weighted by Gasteiger charge is -2.39. The van der Waals surface area contributed by atoms with E-state index in [2.05, 4.69) is 24.0 Å². The van der Waals surface area contributed by atoms with Gasteiger partial charge in [0.2, 0.25) is 0 Å². The smallest absolute Gasteiger partial charge is 0.182 e. The number of rotatable bonds is 15. The van der Waals surface area contributed by atoms with Crippen molar-refractivity contribution in [1.29, 1.82) is 0 Å². The van der Waals surface area contributed by atoms with Crippen LogP contribution in [0.4, 0.5) is 0 Å². The van der Waals surface area contributed by atoms with Crippen molar-refractivity contribution < 1.29 is 9.53 Å². The van der Waals surface area contributed by atoms with Crippen LogP contribution in [0.2, 0.25) is 0 Å². The van der Waals surface area contributed by atoms with Crippen LogP contribution in [0.3, 0.4) is 0 Å². The average Bonchev–Trinajstić information content (AvgIpc) is 2.78. The molecule has 0 unspecified atom stereocenters. The Labute approximate surface area is 189 Å². The van der Waals surface area contributed by atoms with E-state index in [0.717, 1.165) is 18.7 Å². The number of unbranched alkanes of at least 4 members (excludes halogenated alkanes) is 9. The molecule has 0 radical (unpaired) electrons. The molecule has 1 fully saturated rings. The number of ether oxygens (including phenoxy) is 1. The van der Waals surface area contributed by atoms with Crippen LogP contribution in [0.15, 0.2) is 29.2 Å². The summed E-state index contributed by atoms with van der Waals surface area (Å²) in [5.41, 5.74) is 0.337. The second-order valence-electron chi connectivity index (χ2n) is 9.04. The van der Waals surface area contributed by atoms with Crippen LogP contribution < -0.4 is 0 Å². The molecule has 1 aromatic rings. The zero-order valence-corrected chi connectivity index (χ0v) is 20.4. The van der Waals surface area contributed by atoms with E-state index in [9.17, 15) is 4.79 Å². The molecule has 0 aromatic heterocycles. The zero-order chi connectivity index (χ0) is 21.7. The van der Waals surface area contributed by atoms with Crippen molar-refractivity contribution in [2.45, 2.75) is 95.4 Å². The number of Topliss-reactive ketones (excluding diaryl/α,β-unsaturated/α-hetero) is 1. The summed E-state index contributed by atoms with van der Waals surface area (Å²) in [4.78, 5) is 16.6. The Hall–Kier alpha value is -0.840. The highest BCUT2D eigenvalue weighted by atomic mass is 32.2. The van der Waals surface area contributed by atoms with Crippen molar-refractivity contribution in [2.75, 3.05) is 32.1 Å². The number of benzene rings is 1. The molecule has 4 heteroatoms. The maximum atomic E-state index is 13.0. The third-order valence-electron chi connectivity index (χ3n) is 6.24. The monoisotopic (exact) mass is 433 g/mol. The van der Waals surface area contributed by atoms with Crippen LogP contribution in [-0.4, -0.2) is 48.3 Å². The Kier molecular flexibility index (Phi) is 12.1. The zero-order valence-electron chi connectivity index (χ0n) is 19.6. The van der Waals surface area contributed by atoms with Gasteiger partial charge in [-0.2, -0.15) is 0 Å². The largest absolute Gasteiger partial charge is 0.379 e. The highest BCUT2D eigenvalue weighted by molar-refractivity contribution is 7.99. The Morgan fingerprint density at radius 1 is 0.900 bits per heavy atom. The number of nitrogens with zero attached hydrogens (tertiary/aromatic N) is 1. The van der Waals surface area contributed by atoms with Crippen LogP contribution >= 0.6 is 11.8 Å². The van der Waals surface area contributed by atoms with Gasteiger partial charge in [-0.15, -0.1) is 11.8 Å². The minimum absolute atomic E-state index is 0.204. The highest BCUT2D eigenvalue weighted by Gasteiger charge is 2.35. The minimum Gasteiger partial charge on any atom is -0.379 e. The van der Waals surface area contributed by atoms with Gasteiger partial charge in [0.15, 0.2) is 5.78 Å². The number of carbonyl (C=O) groups excluding carboxylic acids is 1. The number of thioether (sulfide) groups is 1. The van der Waals surface area contributed by atoms with Gasteiger partial charge in [-0.3, -0.25) is 9.69 Å². The lowest BCUT2D eigenvalue weighted by atomic mass is 9.91. The van der Waals surface area contributed by atoms with Gasteiger partial charge >= 0.3 is 0 Å². The molecule has 0 spiro atoms. The second kappa shape index (κ2) is 14.3. The van der Waals surface area contributed by atoms with Gasteiger partial charge in [-0.25, -0.2) is 0 Å². The van der Waals surface area contributed by atoms with E-state index >= 15 is 0 Å². The summed E-state index contributed by atoms with van der Waals surface area (Å²) in [5.74, 6) is 1.37. The molecule has 1 aromatic carbocycles. The molecular formula is C26H43NO2S. The van der Waals surface area contributed by atoms with Crippen molar-refractivity contribution in [3.63, 3.8) is 0 Å². The molecule has 0 amide bonds. The molecule has 0 bridgehead atoms. The predicted octanol–water partition coefficient (Wildman–Crippen LogP) is 6.99. The van der Waals surface area contributed by atoms with E-state index in [1.54, 1.807) is 0 Å². The summed E-state index contributed by atoms with van der Waals surface area (Å²) in [6, 6.07) is 8.24. The van der Waals surface area contributed by atoms with Crippen molar-refractivity contribution in [1.82, 2.24) is 4.90 Å². The summed E-state index contributed by atoms with van der Waals surface area (Å²) in [7, 11) is 0. The van der Waals surface area contributed by atoms with Crippen LogP contribution in [-0.2, 0) is 4.74 Å². The van der Waals surface area contributed by atoms with Crippen LogP contribution in [0, 0.1) is 0 Å². The summed E-state index contributed by atoms with van der Waals surface area (Å²) in [5, 5.41) is 0. The third kappa shape index (κ3) is 8.72. The number of carbonyl (C=O) groups is 1. The summed E-state index contributed by atoms with van der Waals surface area (Å²) < 4.78 is 5.43. The predicted molar refractivity (Wildman–Crippen MR) is 130 cm³/mol. The first kappa shape index (κ1) is 25.4. The highest BCUT2D eigenvalue weighted by Crippen LogP contribution is 2.25. The molecule has 2 rings (SSSR count). The normalized spacial score (nSPS) is 15.4. The van der Waals surface area contributed by atoms with Crippen LogP contribution in [0.5, 0.6) is 0 Å². The fourth-order valence-corrected chi connectivity index (χ4v) is 5.01. The molecule has 30 heavy (non-hydrogen) atoms. The maximum absolute atomic E-state index is 13.0. The van der Waals surface area contributed by atoms with E-state index in [1.807, 2.05) is 37.7 Å². The van der Waals surface area contributed by atoms with Gasteiger partial charge in [0.25, 0.3) is 0 Å². The first-order chi connectivity index (χ1) is 14.6. The van der Waals surface area contributed by atoms with Crippen molar-refractivity contribution in [3.8, 4) is 0 Å². The molecule has 0 atom stereocenters. The van der Waals surface area contributed by atoms with Crippen molar-refractivity contribution in [2.24, 2.45) is 0 Å². The number of morpholine rings is 1. The molecule has 1 heterocycles. The maximum Gasteiger partial charge on any atom is 0.182 e. The van der Waals surface area contributed by atoms with Crippen molar-refractivity contribution >= 4 is 17.5 Å².